The molecule has 2 aliphatic heterocycles. The first-order chi connectivity index (χ1) is 8.78. The average molecular weight is 276 g/mol. The van der Waals surface area contributed by atoms with Crippen molar-refractivity contribution in [1.82, 2.24) is 0 Å². The lowest BCUT2D eigenvalue weighted by molar-refractivity contribution is -0.334. The molecule has 0 bridgehead atoms. The van der Waals surface area contributed by atoms with Crippen LogP contribution in [-0.2, 0) is 28.4 Å². The quantitative estimate of drug-likeness (QED) is 0.721. The first-order valence-corrected chi connectivity index (χ1v) is 6.51. The van der Waals surface area contributed by atoms with Crippen LogP contribution in [-0.4, -0.2) is 57.0 Å². The molecule has 0 amide bonds. The molecule has 2 saturated heterocycles. The Balaban J connectivity index is 2.08. The van der Waals surface area contributed by atoms with Gasteiger partial charge in [0.2, 0.25) is 0 Å². The summed E-state index contributed by atoms with van der Waals surface area (Å²) in [5.41, 5.74) is 0. The van der Waals surface area contributed by atoms with E-state index in [1.807, 2.05) is 27.7 Å². The zero-order valence-electron chi connectivity index (χ0n) is 12.5. The van der Waals surface area contributed by atoms with Crippen molar-refractivity contribution >= 4 is 0 Å². The molecule has 0 radical (unpaired) electrons. The molecule has 2 heterocycles. The van der Waals surface area contributed by atoms with Crippen molar-refractivity contribution in [2.24, 2.45) is 0 Å². The van der Waals surface area contributed by atoms with Crippen LogP contribution in [0.4, 0.5) is 0 Å². The minimum atomic E-state index is -0.747. The highest BCUT2D eigenvalue weighted by Gasteiger charge is 2.52. The molecule has 6 nitrogen and oxygen atoms in total. The number of ether oxygens (including phenoxy) is 6. The zero-order chi connectivity index (χ0) is 14.3. The summed E-state index contributed by atoms with van der Waals surface area (Å²) in [5, 5.41) is 0. The summed E-state index contributed by atoms with van der Waals surface area (Å²) in [4.78, 5) is 0. The van der Waals surface area contributed by atoms with Gasteiger partial charge in [-0.2, -0.15) is 0 Å². The van der Waals surface area contributed by atoms with Crippen LogP contribution in [0.2, 0.25) is 0 Å². The minimum absolute atomic E-state index is 0.134. The van der Waals surface area contributed by atoms with E-state index in [0.29, 0.717) is 6.61 Å². The van der Waals surface area contributed by atoms with Crippen LogP contribution in [0, 0.1) is 0 Å². The summed E-state index contributed by atoms with van der Waals surface area (Å²) in [5.74, 6) is -1.37. The van der Waals surface area contributed by atoms with E-state index in [1.165, 1.54) is 0 Å². The molecule has 0 N–H and O–H groups in total. The highest BCUT2D eigenvalue weighted by molar-refractivity contribution is 4.92. The smallest absolute Gasteiger partial charge is 0.189 e. The molecule has 19 heavy (non-hydrogen) atoms. The SMILES string of the molecule is COC1[C@H](OC(C)(C)OC)OC[C@H]2OC(C)(C)O[C@@H]12. The van der Waals surface area contributed by atoms with Crippen LogP contribution in [0.15, 0.2) is 0 Å². The number of fused-ring (bicyclic) bond motifs is 1. The summed E-state index contributed by atoms with van der Waals surface area (Å²) >= 11 is 0. The van der Waals surface area contributed by atoms with Gasteiger partial charge in [-0.15, -0.1) is 0 Å². The molecular weight excluding hydrogens is 252 g/mol. The molecule has 0 saturated carbocycles. The number of hydrogen-bond acceptors (Lipinski definition) is 6. The Labute approximate surface area is 114 Å². The van der Waals surface area contributed by atoms with Crippen molar-refractivity contribution in [3.8, 4) is 0 Å². The highest BCUT2D eigenvalue weighted by Crippen LogP contribution is 2.36. The van der Waals surface area contributed by atoms with Gasteiger partial charge < -0.3 is 28.4 Å². The van der Waals surface area contributed by atoms with Crippen molar-refractivity contribution in [2.75, 3.05) is 20.8 Å². The highest BCUT2D eigenvalue weighted by atomic mass is 16.8. The van der Waals surface area contributed by atoms with E-state index in [4.69, 9.17) is 28.4 Å². The van der Waals surface area contributed by atoms with Crippen molar-refractivity contribution in [3.05, 3.63) is 0 Å². The summed E-state index contributed by atoms with van der Waals surface area (Å²) in [6, 6.07) is 0. The summed E-state index contributed by atoms with van der Waals surface area (Å²) in [6.07, 6.45) is -1.23. The van der Waals surface area contributed by atoms with Crippen LogP contribution < -0.4 is 0 Å². The first-order valence-electron chi connectivity index (χ1n) is 6.51. The van der Waals surface area contributed by atoms with Crippen LogP contribution in [0.3, 0.4) is 0 Å². The third kappa shape index (κ3) is 3.26. The van der Waals surface area contributed by atoms with Gasteiger partial charge in [-0.25, -0.2) is 0 Å². The molecule has 112 valence electrons. The summed E-state index contributed by atoms with van der Waals surface area (Å²) in [7, 11) is 3.20. The van der Waals surface area contributed by atoms with E-state index >= 15 is 0 Å². The minimum Gasteiger partial charge on any atom is -0.373 e. The zero-order valence-corrected chi connectivity index (χ0v) is 12.5. The third-order valence-electron chi connectivity index (χ3n) is 3.40. The Morgan fingerprint density at radius 2 is 1.84 bits per heavy atom. The molecule has 0 aromatic rings. The fourth-order valence-electron chi connectivity index (χ4n) is 2.38. The van der Waals surface area contributed by atoms with Gasteiger partial charge >= 0.3 is 0 Å². The molecule has 0 spiro atoms. The lowest BCUT2D eigenvalue weighted by Crippen LogP contribution is -2.55. The largest absolute Gasteiger partial charge is 0.373 e. The normalized spacial score (nSPS) is 38.2. The van der Waals surface area contributed by atoms with Crippen LogP contribution in [0.1, 0.15) is 27.7 Å². The molecule has 4 atom stereocenters. The van der Waals surface area contributed by atoms with Crippen molar-refractivity contribution in [2.45, 2.75) is 63.9 Å². The molecule has 0 aromatic heterocycles. The van der Waals surface area contributed by atoms with E-state index in [-0.39, 0.29) is 18.3 Å². The van der Waals surface area contributed by atoms with Crippen LogP contribution in [0.25, 0.3) is 0 Å². The Bertz CT molecular complexity index is 316. The molecule has 0 aliphatic carbocycles. The Hall–Kier alpha value is -0.240. The fourth-order valence-corrected chi connectivity index (χ4v) is 2.38. The van der Waals surface area contributed by atoms with E-state index in [1.54, 1.807) is 14.2 Å². The van der Waals surface area contributed by atoms with Gasteiger partial charge in [0.15, 0.2) is 17.9 Å². The molecule has 0 aromatic carbocycles. The van der Waals surface area contributed by atoms with Crippen molar-refractivity contribution in [1.29, 1.82) is 0 Å². The second kappa shape index (κ2) is 5.27. The van der Waals surface area contributed by atoms with E-state index in [0.717, 1.165) is 0 Å². The standard InChI is InChI=1S/C13H24O6/c1-12(2,15-6)19-11-10(14-5)9-8(7-16-11)17-13(3,4)18-9/h8-11H,7H2,1-6H3/t8-,9-,10?,11+/m1/s1. The predicted molar refractivity (Wildman–Crippen MR) is 66.5 cm³/mol. The monoisotopic (exact) mass is 276 g/mol. The van der Waals surface area contributed by atoms with Gasteiger partial charge in [-0.05, 0) is 27.7 Å². The topological polar surface area (TPSA) is 55.4 Å². The van der Waals surface area contributed by atoms with Gasteiger partial charge in [0.05, 0.1) is 6.61 Å². The van der Waals surface area contributed by atoms with Crippen molar-refractivity contribution < 1.29 is 28.4 Å². The van der Waals surface area contributed by atoms with Gasteiger partial charge in [-0.3, -0.25) is 0 Å². The number of rotatable bonds is 4. The Kier molecular flexibility index (Phi) is 4.21. The fraction of sp³-hybridized carbons (Fsp3) is 1.00. The summed E-state index contributed by atoms with van der Waals surface area (Å²) < 4.78 is 33.9. The molecule has 2 fully saturated rings. The van der Waals surface area contributed by atoms with E-state index in [9.17, 15) is 0 Å². The lowest BCUT2D eigenvalue weighted by atomic mass is 10.1. The molecular formula is C13H24O6. The average Bonchev–Trinajstić information content (AvgIpc) is 2.63. The predicted octanol–water partition coefficient (Wildman–Crippen LogP) is 1.28. The van der Waals surface area contributed by atoms with Crippen LogP contribution in [0.5, 0.6) is 0 Å². The molecule has 1 unspecified atom stereocenters. The van der Waals surface area contributed by atoms with Gasteiger partial charge in [0.1, 0.15) is 18.3 Å². The maximum atomic E-state index is 5.89. The van der Waals surface area contributed by atoms with Gasteiger partial charge in [0, 0.05) is 14.2 Å². The first kappa shape index (κ1) is 15.2. The second-order valence-corrected chi connectivity index (χ2v) is 5.76. The molecule has 2 aliphatic rings. The maximum absolute atomic E-state index is 5.89. The van der Waals surface area contributed by atoms with Crippen LogP contribution >= 0.6 is 0 Å². The van der Waals surface area contributed by atoms with Gasteiger partial charge in [0.25, 0.3) is 0 Å². The van der Waals surface area contributed by atoms with Crippen molar-refractivity contribution in [3.63, 3.8) is 0 Å². The maximum Gasteiger partial charge on any atom is 0.189 e. The Morgan fingerprint density at radius 3 is 2.42 bits per heavy atom. The van der Waals surface area contributed by atoms with E-state index < -0.39 is 17.9 Å². The van der Waals surface area contributed by atoms with Gasteiger partial charge in [-0.1, -0.05) is 0 Å². The number of hydrogen-bond donors (Lipinski definition) is 0. The Morgan fingerprint density at radius 1 is 1.16 bits per heavy atom. The molecule has 6 heteroatoms. The lowest BCUT2D eigenvalue weighted by Gasteiger charge is -2.39. The summed E-state index contributed by atoms with van der Waals surface area (Å²) in [6.45, 7) is 7.83. The number of methoxy groups -OCH3 is 2. The van der Waals surface area contributed by atoms with E-state index in [2.05, 4.69) is 0 Å². The molecule has 2 rings (SSSR count). The third-order valence-corrected chi connectivity index (χ3v) is 3.40. The second-order valence-electron chi connectivity index (χ2n) is 5.76.